The van der Waals surface area contributed by atoms with Crippen LogP contribution >= 0.6 is 22.9 Å². The zero-order chi connectivity index (χ0) is 12.1. The lowest BCUT2D eigenvalue weighted by molar-refractivity contribution is -0.117. The number of Topliss-reactive ketones (excluding diaryl/α,β-unsaturated/α-hetero) is 1. The maximum atomic E-state index is 11.3. The Balaban J connectivity index is 2.88. The van der Waals surface area contributed by atoms with E-state index in [9.17, 15) is 9.59 Å². The summed E-state index contributed by atoms with van der Waals surface area (Å²) < 4.78 is 0. The fourth-order valence-electron chi connectivity index (χ4n) is 0.894. The third-order valence-electron chi connectivity index (χ3n) is 1.55. The number of anilines is 1. The molecule has 0 aliphatic rings. The van der Waals surface area contributed by atoms with Crippen molar-refractivity contribution in [2.45, 2.75) is 12.8 Å². The largest absolute Gasteiger partial charge is 0.301 e. The molecule has 1 unspecified atom stereocenters. The number of carbonyl (C=O) groups is 2. The number of halogens is 1. The summed E-state index contributed by atoms with van der Waals surface area (Å²) in [5.74, 6) is -2.00. The van der Waals surface area contributed by atoms with E-state index < -0.39 is 11.7 Å². The number of hydrogen-bond acceptors (Lipinski definition) is 6. The summed E-state index contributed by atoms with van der Waals surface area (Å²) in [6.07, 6.45) is 0. The molecule has 6 nitrogen and oxygen atoms in total. The molecule has 1 atom stereocenters. The molecule has 0 spiro atoms. The van der Waals surface area contributed by atoms with Crippen LogP contribution in [-0.2, 0) is 9.59 Å². The van der Waals surface area contributed by atoms with Crippen molar-refractivity contribution in [2.75, 3.05) is 11.2 Å². The van der Waals surface area contributed by atoms with Crippen molar-refractivity contribution in [2.24, 2.45) is 0 Å². The van der Waals surface area contributed by atoms with Crippen LogP contribution in [0.25, 0.3) is 0 Å². The van der Waals surface area contributed by atoms with E-state index in [1.807, 2.05) is 0 Å². The highest BCUT2D eigenvalue weighted by molar-refractivity contribution is 7.15. The van der Waals surface area contributed by atoms with Crippen LogP contribution in [-0.4, -0.2) is 27.8 Å². The van der Waals surface area contributed by atoms with Crippen LogP contribution in [0.15, 0.2) is 0 Å². The lowest BCUT2D eigenvalue weighted by atomic mass is 10.1. The van der Waals surface area contributed by atoms with Gasteiger partial charge < -0.3 is 5.32 Å². The minimum atomic E-state index is -1.02. The van der Waals surface area contributed by atoms with E-state index in [1.54, 1.807) is 6.07 Å². The van der Waals surface area contributed by atoms with Crippen molar-refractivity contribution in [1.29, 1.82) is 5.26 Å². The fourth-order valence-corrected chi connectivity index (χ4v) is 1.91. The molecule has 16 heavy (non-hydrogen) atoms. The third-order valence-corrected chi connectivity index (χ3v) is 2.72. The summed E-state index contributed by atoms with van der Waals surface area (Å²) in [6, 6.07) is 1.80. The first-order valence-corrected chi connectivity index (χ1v) is 5.53. The summed E-state index contributed by atoms with van der Waals surface area (Å²) in [4.78, 5) is 22.0. The highest BCUT2D eigenvalue weighted by Gasteiger charge is 2.23. The standard InChI is InChI=1S/C8H7ClN4O2S/c1-4(14)11-8-13-12-7(16-8)5(3-10)6(15)2-9/h5H,2H2,1H3,(H,11,13,14). The van der Waals surface area contributed by atoms with Gasteiger partial charge >= 0.3 is 0 Å². The molecule has 0 saturated carbocycles. The zero-order valence-corrected chi connectivity index (χ0v) is 9.80. The van der Waals surface area contributed by atoms with Crippen LogP contribution in [0.4, 0.5) is 5.13 Å². The zero-order valence-electron chi connectivity index (χ0n) is 8.23. The van der Waals surface area contributed by atoms with Crippen molar-refractivity contribution in [3.8, 4) is 6.07 Å². The molecule has 1 aromatic heterocycles. The average Bonchev–Trinajstić information content (AvgIpc) is 2.66. The van der Waals surface area contributed by atoms with Crippen LogP contribution in [0.5, 0.6) is 0 Å². The molecular weight excluding hydrogens is 252 g/mol. The Labute approximate surface area is 100 Å². The number of hydrogen-bond donors (Lipinski definition) is 1. The quantitative estimate of drug-likeness (QED) is 0.810. The fraction of sp³-hybridized carbons (Fsp3) is 0.375. The molecule has 1 heterocycles. The topological polar surface area (TPSA) is 95.7 Å². The second kappa shape index (κ2) is 5.53. The Morgan fingerprint density at radius 1 is 1.62 bits per heavy atom. The average molecular weight is 259 g/mol. The number of aromatic nitrogens is 2. The summed E-state index contributed by atoms with van der Waals surface area (Å²) in [6.45, 7) is 1.33. The summed E-state index contributed by atoms with van der Waals surface area (Å²) >= 11 is 6.33. The molecule has 1 aromatic rings. The normalized spacial score (nSPS) is 11.6. The Bertz CT molecular complexity index is 453. The number of ketones is 1. The van der Waals surface area contributed by atoms with Gasteiger partial charge in [0.15, 0.2) is 11.7 Å². The van der Waals surface area contributed by atoms with Gasteiger partial charge in [-0.25, -0.2) is 0 Å². The minimum Gasteiger partial charge on any atom is -0.301 e. The molecule has 1 rings (SSSR count). The number of rotatable bonds is 4. The first-order chi connectivity index (χ1) is 7.58. The van der Waals surface area contributed by atoms with Gasteiger partial charge in [0.25, 0.3) is 0 Å². The Kier molecular flexibility index (Phi) is 4.34. The van der Waals surface area contributed by atoms with Crippen LogP contribution in [0, 0.1) is 11.3 Å². The van der Waals surface area contributed by atoms with E-state index in [0.717, 1.165) is 11.3 Å². The monoisotopic (exact) mass is 258 g/mol. The predicted octanol–water partition coefficient (Wildman–Crippen LogP) is 0.912. The van der Waals surface area contributed by atoms with Crippen molar-refractivity contribution < 1.29 is 9.59 Å². The van der Waals surface area contributed by atoms with E-state index in [-0.39, 0.29) is 21.9 Å². The number of carbonyl (C=O) groups excluding carboxylic acids is 2. The molecule has 0 aliphatic heterocycles. The van der Waals surface area contributed by atoms with Gasteiger partial charge in [-0.3, -0.25) is 9.59 Å². The van der Waals surface area contributed by atoms with Gasteiger partial charge in [-0.05, 0) is 0 Å². The van der Waals surface area contributed by atoms with E-state index in [2.05, 4.69) is 15.5 Å². The molecule has 0 radical (unpaired) electrons. The van der Waals surface area contributed by atoms with E-state index in [1.165, 1.54) is 6.92 Å². The van der Waals surface area contributed by atoms with Crippen molar-refractivity contribution >= 4 is 39.8 Å². The first-order valence-electron chi connectivity index (χ1n) is 4.17. The van der Waals surface area contributed by atoms with Crippen LogP contribution in [0.2, 0.25) is 0 Å². The molecule has 1 N–H and O–H groups in total. The molecule has 84 valence electrons. The maximum Gasteiger partial charge on any atom is 0.223 e. The van der Waals surface area contributed by atoms with Gasteiger partial charge in [0, 0.05) is 6.92 Å². The van der Waals surface area contributed by atoms with E-state index >= 15 is 0 Å². The van der Waals surface area contributed by atoms with Gasteiger partial charge in [-0.15, -0.1) is 21.8 Å². The van der Waals surface area contributed by atoms with Gasteiger partial charge in [0.2, 0.25) is 11.0 Å². The molecule has 8 heteroatoms. The smallest absolute Gasteiger partial charge is 0.223 e. The Morgan fingerprint density at radius 2 is 2.31 bits per heavy atom. The van der Waals surface area contributed by atoms with Gasteiger partial charge in [-0.1, -0.05) is 11.3 Å². The highest BCUT2D eigenvalue weighted by Crippen LogP contribution is 2.23. The van der Waals surface area contributed by atoms with Gasteiger partial charge in [0.05, 0.1) is 11.9 Å². The van der Waals surface area contributed by atoms with Crippen LogP contribution in [0.3, 0.4) is 0 Å². The Hall–Kier alpha value is -1.52. The lowest BCUT2D eigenvalue weighted by Crippen LogP contribution is -2.11. The summed E-state index contributed by atoms with van der Waals surface area (Å²) in [5.41, 5.74) is 0. The van der Waals surface area contributed by atoms with E-state index in [4.69, 9.17) is 16.9 Å². The minimum absolute atomic E-state index is 0.233. The number of alkyl halides is 1. The third kappa shape index (κ3) is 2.98. The van der Waals surface area contributed by atoms with Crippen molar-refractivity contribution in [1.82, 2.24) is 10.2 Å². The van der Waals surface area contributed by atoms with Crippen molar-refractivity contribution in [3.05, 3.63) is 5.01 Å². The van der Waals surface area contributed by atoms with Crippen LogP contribution in [0.1, 0.15) is 17.8 Å². The lowest BCUT2D eigenvalue weighted by Gasteiger charge is -1.98. The number of nitrogens with one attached hydrogen (secondary N) is 1. The first kappa shape index (κ1) is 12.5. The van der Waals surface area contributed by atoms with Crippen molar-refractivity contribution in [3.63, 3.8) is 0 Å². The van der Waals surface area contributed by atoms with Crippen LogP contribution < -0.4 is 5.32 Å². The highest BCUT2D eigenvalue weighted by atomic mass is 35.5. The molecule has 0 aromatic carbocycles. The number of nitrogens with zero attached hydrogens (tertiary/aromatic N) is 3. The molecule has 0 bridgehead atoms. The molecule has 0 aliphatic carbocycles. The second-order valence-electron chi connectivity index (χ2n) is 2.79. The second-order valence-corrected chi connectivity index (χ2v) is 4.07. The molecule has 0 saturated heterocycles. The Morgan fingerprint density at radius 3 is 2.81 bits per heavy atom. The van der Waals surface area contributed by atoms with Gasteiger partial charge in [0.1, 0.15) is 5.01 Å². The number of nitriles is 1. The maximum absolute atomic E-state index is 11.3. The molecular formula is C8H7ClN4O2S. The number of amides is 1. The summed E-state index contributed by atoms with van der Waals surface area (Å²) in [7, 11) is 0. The van der Waals surface area contributed by atoms with E-state index in [0.29, 0.717) is 0 Å². The molecule has 0 fully saturated rings. The summed E-state index contributed by atoms with van der Waals surface area (Å²) in [5, 5.41) is 19.0. The van der Waals surface area contributed by atoms with Gasteiger partial charge in [-0.2, -0.15) is 5.26 Å². The SMILES string of the molecule is CC(=O)Nc1nnc(C(C#N)C(=O)CCl)s1. The molecule has 1 amide bonds. The predicted molar refractivity (Wildman–Crippen MR) is 58.3 cm³/mol.